The van der Waals surface area contributed by atoms with Gasteiger partial charge in [-0.3, -0.25) is 4.79 Å². The third-order valence-electron chi connectivity index (χ3n) is 4.84. The summed E-state index contributed by atoms with van der Waals surface area (Å²) in [6.07, 6.45) is 5.82. The van der Waals surface area contributed by atoms with Crippen LogP contribution in [0.5, 0.6) is 0 Å². The number of nitrogens with one attached hydrogen (secondary N) is 2. The Morgan fingerprint density at radius 3 is 2.78 bits per heavy atom. The Bertz CT molecular complexity index is 809. The minimum absolute atomic E-state index is 0.0273. The van der Waals surface area contributed by atoms with E-state index in [1.165, 1.54) is 36.6 Å². The van der Waals surface area contributed by atoms with Crippen LogP contribution in [0.1, 0.15) is 43.2 Å². The van der Waals surface area contributed by atoms with E-state index in [9.17, 15) is 4.79 Å². The average Bonchev–Trinajstić information content (AvgIpc) is 2.64. The first-order chi connectivity index (χ1) is 13.0. The molecule has 0 spiro atoms. The van der Waals surface area contributed by atoms with Crippen molar-refractivity contribution in [1.29, 1.82) is 0 Å². The molecule has 1 fully saturated rings. The molecule has 2 N–H and O–H groups in total. The predicted molar refractivity (Wildman–Crippen MR) is 112 cm³/mol. The molecule has 1 aromatic heterocycles. The standard InChI is InChI=1S/C20H25ClN4OS/c1-13-7-6-10-16(14(13)2)23-18-11-17(21)24-20(25-18)27-12-19(26)22-15-8-4-3-5-9-15/h6-7,10-11,15H,3-5,8-9,12H2,1-2H3,(H,22,26)(H,23,24,25). The highest BCUT2D eigenvalue weighted by Crippen LogP contribution is 2.25. The number of hydrogen-bond donors (Lipinski definition) is 2. The molecule has 0 aliphatic heterocycles. The van der Waals surface area contributed by atoms with Gasteiger partial charge in [0.15, 0.2) is 5.16 Å². The summed E-state index contributed by atoms with van der Waals surface area (Å²) in [7, 11) is 0. The molecule has 1 aliphatic carbocycles. The van der Waals surface area contributed by atoms with Gasteiger partial charge in [-0.05, 0) is 43.9 Å². The molecule has 1 saturated carbocycles. The molecular weight excluding hydrogens is 380 g/mol. The van der Waals surface area contributed by atoms with Crippen molar-refractivity contribution in [2.75, 3.05) is 11.1 Å². The van der Waals surface area contributed by atoms with E-state index in [0.717, 1.165) is 24.1 Å². The summed E-state index contributed by atoms with van der Waals surface area (Å²) >= 11 is 7.46. The molecule has 0 unspecified atom stereocenters. The van der Waals surface area contributed by atoms with Crippen molar-refractivity contribution < 1.29 is 4.79 Å². The number of nitrogens with zero attached hydrogens (tertiary/aromatic N) is 2. The normalized spacial score (nSPS) is 14.8. The maximum absolute atomic E-state index is 12.2. The molecule has 144 valence electrons. The zero-order valence-electron chi connectivity index (χ0n) is 15.7. The van der Waals surface area contributed by atoms with Crippen molar-refractivity contribution in [1.82, 2.24) is 15.3 Å². The van der Waals surface area contributed by atoms with Crippen LogP contribution in [-0.4, -0.2) is 27.7 Å². The maximum atomic E-state index is 12.2. The fourth-order valence-corrected chi connectivity index (χ4v) is 4.10. The quantitative estimate of drug-likeness (QED) is 0.401. The minimum Gasteiger partial charge on any atom is -0.353 e. The highest BCUT2D eigenvalue weighted by Gasteiger charge is 2.16. The van der Waals surface area contributed by atoms with Crippen LogP contribution >= 0.6 is 23.4 Å². The summed E-state index contributed by atoms with van der Waals surface area (Å²) in [5.74, 6) is 0.943. The number of carbonyl (C=O) groups is 1. The van der Waals surface area contributed by atoms with Crippen LogP contribution in [0.4, 0.5) is 11.5 Å². The Labute approximate surface area is 169 Å². The Kier molecular flexibility index (Phi) is 6.96. The lowest BCUT2D eigenvalue weighted by atomic mass is 9.95. The third-order valence-corrected chi connectivity index (χ3v) is 5.89. The lowest BCUT2D eigenvalue weighted by Gasteiger charge is -2.22. The van der Waals surface area contributed by atoms with Gasteiger partial charge in [-0.2, -0.15) is 0 Å². The van der Waals surface area contributed by atoms with E-state index in [0.29, 0.717) is 27.9 Å². The van der Waals surface area contributed by atoms with Crippen LogP contribution < -0.4 is 10.6 Å². The number of benzene rings is 1. The second kappa shape index (κ2) is 9.42. The first-order valence-corrected chi connectivity index (χ1v) is 10.7. The molecule has 0 bridgehead atoms. The van der Waals surface area contributed by atoms with E-state index in [-0.39, 0.29) is 5.91 Å². The van der Waals surface area contributed by atoms with Crippen LogP contribution in [0.15, 0.2) is 29.4 Å². The first kappa shape index (κ1) is 20.0. The number of amides is 1. The molecule has 1 aromatic carbocycles. The minimum atomic E-state index is 0.0273. The monoisotopic (exact) mass is 404 g/mol. The predicted octanol–water partition coefficient (Wildman–Crippen LogP) is 5.03. The molecule has 0 atom stereocenters. The van der Waals surface area contributed by atoms with Crippen molar-refractivity contribution in [2.24, 2.45) is 0 Å². The van der Waals surface area contributed by atoms with Gasteiger partial charge in [-0.25, -0.2) is 9.97 Å². The van der Waals surface area contributed by atoms with Crippen molar-refractivity contribution >= 4 is 40.8 Å². The van der Waals surface area contributed by atoms with E-state index in [1.807, 2.05) is 12.1 Å². The summed E-state index contributed by atoms with van der Waals surface area (Å²) in [6, 6.07) is 8.07. The lowest BCUT2D eigenvalue weighted by Crippen LogP contribution is -2.37. The summed E-state index contributed by atoms with van der Waals surface area (Å²) in [6.45, 7) is 4.13. The number of halogens is 1. The van der Waals surface area contributed by atoms with Crippen molar-refractivity contribution in [3.63, 3.8) is 0 Å². The van der Waals surface area contributed by atoms with E-state index < -0.39 is 0 Å². The van der Waals surface area contributed by atoms with E-state index in [1.54, 1.807) is 6.07 Å². The number of aryl methyl sites for hydroxylation is 1. The van der Waals surface area contributed by atoms with E-state index in [2.05, 4.69) is 40.5 Å². The van der Waals surface area contributed by atoms with Gasteiger partial charge < -0.3 is 10.6 Å². The zero-order valence-corrected chi connectivity index (χ0v) is 17.3. The molecule has 2 aromatic rings. The largest absolute Gasteiger partial charge is 0.353 e. The molecular formula is C20H25ClN4OS. The Balaban J connectivity index is 1.61. The summed E-state index contributed by atoms with van der Waals surface area (Å²) in [4.78, 5) is 20.9. The summed E-state index contributed by atoms with van der Waals surface area (Å²) < 4.78 is 0. The van der Waals surface area contributed by atoms with Gasteiger partial charge in [-0.1, -0.05) is 54.8 Å². The molecule has 0 radical (unpaired) electrons. The number of aromatic nitrogens is 2. The van der Waals surface area contributed by atoms with Crippen LogP contribution in [0.2, 0.25) is 5.15 Å². The van der Waals surface area contributed by atoms with Crippen molar-refractivity contribution in [2.45, 2.75) is 57.1 Å². The van der Waals surface area contributed by atoms with Crippen LogP contribution in [0, 0.1) is 13.8 Å². The number of thioether (sulfide) groups is 1. The molecule has 7 heteroatoms. The van der Waals surface area contributed by atoms with Gasteiger partial charge in [0.25, 0.3) is 0 Å². The molecule has 0 saturated heterocycles. The lowest BCUT2D eigenvalue weighted by molar-refractivity contribution is -0.119. The Morgan fingerprint density at radius 2 is 2.00 bits per heavy atom. The maximum Gasteiger partial charge on any atom is 0.230 e. The fraction of sp³-hybridized carbons (Fsp3) is 0.450. The van der Waals surface area contributed by atoms with Gasteiger partial charge in [0.2, 0.25) is 5.91 Å². The van der Waals surface area contributed by atoms with Crippen molar-refractivity contribution in [3.05, 3.63) is 40.5 Å². The zero-order chi connectivity index (χ0) is 19.2. The SMILES string of the molecule is Cc1cccc(Nc2cc(Cl)nc(SCC(=O)NC3CCCCC3)n2)c1C. The number of anilines is 2. The topological polar surface area (TPSA) is 66.9 Å². The van der Waals surface area contributed by atoms with Crippen molar-refractivity contribution in [3.8, 4) is 0 Å². The number of rotatable bonds is 6. The molecule has 5 nitrogen and oxygen atoms in total. The van der Waals surface area contributed by atoms with Gasteiger partial charge in [0.05, 0.1) is 5.75 Å². The molecule has 3 rings (SSSR count). The fourth-order valence-electron chi connectivity index (χ4n) is 3.20. The van der Waals surface area contributed by atoms with Crippen LogP contribution in [-0.2, 0) is 4.79 Å². The summed E-state index contributed by atoms with van der Waals surface area (Å²) in [5, 5.41) is 7.26. The average molecular weight is 405 g/mol. The molecule has 1 heterocycles. The third kappa shape index (κ3) is 5.84. The van der Waals surface area contributed by atoms with Gasteiger partial charge in [0, 0.05) is 17.8 Å². The van der Waals surface area contributed by atoms with Crippen LogP contribution in [0.25, 0.3) is 0 Å². The van der Waals surface area contributed by atoms with E-state index in [4.69, 9.17) is 11.6 Å². The highest BCUT2D eigenvalue weighted by molar-refractivity contribution is 7.99. The Hall–Kier alpha value is -1.79. The Morgan fingerprint density at radius 1 is 1.22 bits per heavy atom. The number of carbonyl (C=O) groups excluding carboxylic acids is 1. The summed E-state index contributed by atoms with van der Waals surface area (Å²) in [5.41, 5.74) is 3.35. The number of hydrogen-bond acceptors (Lipinski definition) is 5. The van der Waals surface area contributed by atoms with Gasteiger partial charge >= 0.3 is 0 Å². The van der Waals surface area contributed by atoms with E-state index >= 15 is 0 Å². The second-order valence-corrected chi connectivity index (χ2v) is 8.25. The van der Waals surface area contributed by atoms with Crippen LogP contribution in [0.3, 0.4) is 0 Å². The van der Waals surface area contributed by atoms with Gasteiger partial charge in [0.1, 0.15) is 11.0 Å². The molecule has 1 aliphatic rings. The molecule has 1 amide bonds. The highest BCUT2D eigenvalue weighted by atomic mass is 35.5. The first-order valence-electron chi connectivity index (χ1n) is 9.31. The molecule has 27 heavy (non-hydrogen) atoms. The smallest absolute Gasteiger partial charge is 0.230 e. The van der Waals surface area contributed by atoms with Gasteiger partial charge in [-0.15, -0.1) is 0 Å². The second-order valence-electron chi connectivity index (χ2n) is 6.92.